The molecule has 0 fully saturated rings. The molecule has 3 N–H and O–H groups in total. The maximum atomic E-state index is 10.8. The highest BCUT2D eigenvalue weighted by molar-refractivity contribution is 5.76. The first-order valence-electron chi connectivity index (χ1n) is 4.97. The highest BCUT2D eigenvalue weighted by atomic mass is 16.3. The SMILES string of the molecule is CNC(C)(C)CC(C)CNC(=O)CO. The van der Waals surface area contributed by atoms with Gasteiger partial charge in [-0.3, -0.25) is 4.79 Å². The average Bonchev–Trinajstić information content (AvgIpc) is 2.13. The van der Waals surface area contributed by atoms with E-state index >= 15 is 0 Å². The second-order valence-corrected chi connectivity index (χ2v) is 4.41. The van der Waals surface area contributed by atoms with E-state index in [9.17, 15) is 4.79 Å². The molecular formula is C10H22N2O2. The summed E-state index contributed by atoms with van der Waals surface area (Å²) in [4.78, 5) is 10.8. The minimum atomic E-state index is -0.428. The van der Waals surface area contributed by atoms with Crippen molar-refractivity contribution in [3.8, 4) is 0 Å². The zero-order valence-electron chi connectivity index (χ0n) is 9.55. The minimum Gasteiger partial charge on any atom is -0.387 e. The van der Waals surface area contributed by atoms with Crippen LogP contribution in [0.2, 0.25) is 0 Å². The lowest BCUT2D eigenvalue weighted by molar-refractivity contribution is -0.124. The number of aliphatic hydroxyl groups excluding tert-OH is 1. The molecule has 0 aliphatic rings. The van der Waals surface area contributed by atoms with Gasteiger partial charge < -0.3 is 15.7 Å². The summed E-state index contributed by atoms with van der Waals surface area (Å²) in [6.07, 6.45) is 0.981. The fourth-order valence-electron chi connectivity index (χ4n) is 1.39. The van der Waals surface area contributed by atoms with E-state index in [1.165, 1.54) is 0 Å². The van der Waals surface area contributed by atoms with Gasteiger partial charge in [-0.25, -0.2) is 0 Å². The third-order valence-corrected chi connectivity index (χ3v) is 2.33. The largest absolute Gasteiger partial charge is 0.387 e. The van der Waals surface area contributed by atoms with Crippen LogP contribution < -0.4 is 10.6 Å². The fourth-order valence-corrected chi connectivity index (χ4v) is 1.39. The van der Waals surface area contributed by atoms with Crippen LogP contribution in [-0.2, 0) is 4.79 Å². The van der Waals surface area contributed by atoms with Gasteiger partial charge in [-0.1, -0.05) is 6.92 Å². The first-order valence-corrected chi connectivity index (χ1v) is 4.97. The van der Waals surface area contributed by atoms with Crippen LogP contribution in [0.25, 0.3) is 0 Å². The first kappa shape index (κ1) is 13.4. The molecule has 0 aliphatic heterocycles. The standard InChI is InChI=1S/C10H22N2O2/c1-8(5-10(2,3)11-4)6-12-9(14)7-13/h8,11,13H,5-7H2,1-4H3,(H,12,14). The summed E-state index contributed by atoms with van der Waals surface area (Å²) in [5.41, 5.74) is 0.0867. The number of carbonyl (C=O) groups is 1. The molecule has 0 aliphatic carbocycles. The maximum Gasteiger partial charge on any atom is 0.245 e. The van der Waals surface area contributed by atoms with E-state index in [1.807, 2.05) is 7.05 Å². The Kier molecular flexibility index (Phi) is 5.72. The summed E-state index contributed by atoms with van der Waals surface area (Å²) in [6, 6.07) is 0. The first-order chi connectivity index (χ1) is 6.41. The van der Waals surface area contributed by atoms with Crippen LogP contribution in [-0.4, -0.2) is 36.8 Å². The van der Waals surface area contributed by atoms with Crippen molar-refractivity contribution in [3.05, 3.63) is 0 Å². The summed E-state index contributed by atoms with van der Waals surface area (Å²) in [6.45, 7) is 6.51. The van der Waals surface area contributed by atoms with Crippen LogP contribution in [0, 0.1) is 5.92 Å². The topological polar surface area (TPSA) is 61.4 Å². The van der Waals surface area contributed by atoms with Crippen molar-refractivity contribution in [3.63, 3.8) is 0 Å². The number of hydrogen-bond donors (Lipinski definition) is 3. The predicted octanol–water partition coefficient (Wildman–Crippen LogP) is 0.119. The molecular weight excluding hydrogens is 180 g/mol. The van der Waals surface area contributed by atoms with Gasteiger partial charge in [0.2, 0.25) is 5.91 Å². The van der Waals surface area contributed by atoms with Crippen LogP contribution >= 0.6 is 0 Å². The number of carbonyl (C=O) groups excluding carboxylic acids is 1. The maximum absolute atomic E-state index is 10.8. The van der Waals surface area contributed by atoms with Crippen molar-refractivity contribution in [1.82, 2.24) is 10.6 Å². The molecule has 0 saturated carbocycles. The van der Waals surface area contributed by atoms with Gasteiger partial charge in [0.25, 0.3) is 0 Å². The Morgan fingerprint density at radius 1 is 1.50 bits per heavy atom. The normalized spacial score (nSPS) is 13.8. The number of aliphatic hydroxyl groups is 1. The fraction of sp³-hybridized carbons (Fsp3) is 0.900. The van der Waals surface area contributed by atoms with Gasteiger partial charge in [-0.05, 0) is 33.2 Å². The van der Waals surface area contributed by atoms with Crippen molar-refractivity contribution in [2.45, 2.75) is 32.7 Å². The summed E-state index contributed by atoms with van der Waals surface area (Å²) in [5.74, 6) is 0.0899. The second-order valence-electron chi connectivity index (χ2n) is 4.41. The molecule has 0 heterocycles. The minimum absolute atomic E-state index is 0.0867. The summed E-state index contributed by atoms with van der Waals surface area (Å²) in [7, 11) is 1.93. The molecule has 0 spiro atoms. The van der Waals surface area contributed by atoms with E-state index in [-0.39, 0.29) is 11.4 Å². The van der Waals surface area contributed by atoms with Crippen LogP contribution in [0.1, 0.15) is 27.2 Å². The number of amides is 1. The van der Waals surface area contributed by atoms with Gasteiger partial charge in [0.15, 0.2) is 0 Å². The average molecular weight is 202 g/mol. The Morgan fingerprint density at radius 3 is 2.50 bits per heavy atom. The van der Waals surface area contributed by atoms with Crippen LogP contribution in [0.5, 0.6) is 0 Å². The highest BCUT2D eigenvalue weighted by Gasteiger charge is 2.18. The molecule has 1 atom stereocenters. The molecule has 1 unspecified atom stereocenters. The van der Waals surface area contributed by atoms with Crippen molar-refractivity contribution in [2.24, 2.45) is 5.92 Å². The van der Waals surface area contributed by atoms with Crippen LogP contribution in [0.15, 0.2) is 0 Å². The van der Waals surface area contributed by atoms with E-state index in [2.05, 4.69) is 31.4 Å². The summed E-state index contributed by atoms with van der Waals surface area (Å²) < 4.78 is 0. The Hall–Kier alpha value is -0.610. The molecule has 1 amide bonds. The van der Waals surface area contributed by atoms with E-state index < -0.39 is 6.61 Å². The van der Waals surface area contributed by atoms with Crippen molar-refractivity contribution in [1.29, 1.82) is 0 Å². The quantitative estimate of drug-likeness (QED) is 0.573. The third-order valence-electron chi connectivity index (χ3n) is 2.33. The Labute approximate surface area is 86.1 Å². The lowest BCUT2D eigenvalue weighted by Crippen LogP contribution is -2.40. The van der Waals surface area contributed by atoms with E-state index in [0.29, 0.717) is 12.5 Å². The Balaban J connectivity index is 3.75. The van der Waals surface area contributed by atoms with Gasteiger partial charge in [0, 0.05) is 12.1 Å². The summed E-state index contributed by atoms with van der Waals surface area (Å²) in [5, 5.41) is 14.4. The van der Waals surface area contributed by atoms with Gasteiger partial charge in [0.1, 0.15) is 6.61 Å². The second kappa shape index (κ2) is 5.98. The summed E-state index contributed by atoms with van der Waals surface area (Å²) >= 11 is 0. The Bertz CT molecular complexity index is 181. The molecule has 0 aromatic heterocycles. The molecule has 0 aromatic carbocycles. The molecule has 0 radical (unpaired) electrons. The molecule has 4 nitrogen and oxygen atoms in total. The molecule has 0 bridgehead atoms. The van der Waals surface area contributed by atoms with Gasteiger partial charge in [-0.2, -0.15) is 0 Å². The molecule has 0 saturated heterocycles. The molecule has 84 valence electrons. The number of hydrogen-bond acceptors (Lipinski definition) is 3. The van der Waals surface area contributed by atoms with E-state index in [4.69, 9.17) is 5.11 Å². The zero-order chi connectivity index (χ0) is 11.2. The number of rotatable bonds is 6. The van der Waals surface area contributed by atoms with Crippen molar-refractivity contribution >= 4 is 5.91 Å². The zero-order valence-corrected chi connectivity index (χ0v) is 9.55. The molecule has 0 aromatic rings. The monoisotopic (exact) mass is 202 g/mol. The highest BCUT2D eigenvalue weighted by Crippen LogP contribution is 2.14. The lowest BCUT2D eigenvalue weighted by Gasteiger charge is -2.27. The van der Waals surface area contributed by atoms with E-state index in [1.54, 1.807) is 0 Å². The third kappa shape index (κ3) is 5.94. The van der Waals surface area contributed by atoms with E-state index in [0.717, 1.165) is 6.42 Å². The van der Waals surface area contributed by atoms with Crippen LogP contribution in [0.4, 0.5) is 0 Å². The predicted molar refractivity (Wildman–Crippen MR) is 57.0 cm³/mol. The van der Waals surface area contributed by atoms with Gasteiger partial charge in [-0.15, -0.1) is 0 Å². The Morgan fingerprint density at radius 2 is 2.07 bits per heavy atom. The molecule has 4 heteroatoms. The molecule has 14 heavy (non-hydrogen) atoms. The molecule has 0 rings (SSSR count). The van der Waals surface area contributed by atoms with Crippen LogP contribution in [0.3, 0.4) is 0 Å². The van der Waals surface area contributed by atoms with Gasteiger partial charge in [0.05, 0.1) is 0 Å². The lowest BCUT2D eigenvalue weighted by atomic mass is 9.92. The van der Waals surface area contributed by atoms with Crippen molar-refractivity contribution in [2.75, 3.05) is 20.2 Å². The van der Waals surface area contributed by atoms with Gasteiger partial charge >= 0.3 is 0 Å². The van der Waals surface area contributed by atoms with Crippen molar-refractivity contribution < 1.29 is 9.90 Å². The number of nitrogens with one attached hydrogen (secondary N) is 2. The smallest absolute Gasteiger partial charge is 0.245 e.